The number of aromatic nitrogens is 1. The van der Waals surface area contributed by atoms with Crippen LogP contribution in [0.2, 0.25) is 0 Å². The first kappa shape index (κ1) is 12.2. The number of piperidine rings is 1. The average molecular weight is 311 g/mol. The first-order valence-corrected chi connectivity index (χ1v) is 7.12. The van der Waals surface area contributed by atoms with Crippen LogP contribution in [-0.2, 0) is 7.05 Å². The van der Waals surface area contributed by atoms with E-state index in [2.05, 4.69) is 32.9 Å². The highest BCUT2D eigenvalue weighted by Gasteiger charge is 2.23. The van der Waals surface area contributed by atoms with Crippen LogP contribution >= 0.6 is 15.9 Å². The van der Waals surface area contributed by atoms with Gasteiger partial charge < -0.3 is 9.88 Å². The zero-order valence-electron chi connectivity index (χ0n) is 10.3. The van der Waals surface area contributed by atoms with Gasteiger partial charge in [-0.3, -0.25) is 0 Å². The first-order chi connectivity index (χ1) is 8.68. The van der Waals surface area contributed by atoms with Gasteiger partial charge in [-0.1, -0.05) is 0 Å². The third-order valence-electron chi connectivity index (χ3n) is 3.87. The minimum Gasteiger partial charge on any atom is -0.346 e. The Bertz CT molecular complexity index is 585. The molecule has 0 aliphatic carbocycles. The summed E-state index contributed by atoms with van der Waals surface area (Å²) >= 11 is 3.66. The van der Waals surface area contributed by atoms with E-state index in [4.69, 9.17) is 0 Å². The fourth-order valence-electron chi connectivity index (χ4n) is 2.94. The summed E-state index contributed by atoms with van der Waals surface area (Å²) < 4.78 is 16.6. The monoisotopic (exact) mass is 310 g/mol. The molecule has 1 aromatic heterocycles. The molecule has 2 aromatic rings. The number of fused-ring (bicyclic) bond motifs is 1. The van der Waals surface area contributed by atoms with Crippen molar-refractivity contribution >= 4 is 26.8 Å². The highest BCUT2D eigenvalue weighted by atomic mass is 79.9. The normalized spacial score (nSPS) is 17.5. The molecule has 0 saturated carbocycles. The Morgan fingerprint density at radius 2 is 2.06 bits per heavy atom. The molecule has 0 bridgehead atoms. The molecule has 2 nitrogen and oxygen atoms in total. The molecule has 0 atom stereocenters. The van der Waals surface area contributed by atoms with Crippen LogP contribution in [0.15, 0.2) is 22.7 Å². The Labute approximate surface area is 114 Å². The largest absolute Gasteiger partial charge is 0.346 e. The van der Waals surface area contributed by atoms with Gasteiger partial charge in [-0.05, 0) is 60.1 Å². The van der Waals surface area contributed by atoms with E-state index in [1.54, 1.807) is 6.07 Å². The Balaban J connectivity index is 2.16. The quantitative estimate of drug-likeness (QED) is 0.852. The van der Waals surface area contributed by atoms with E-state index in [0.29, 0.717) is 5.92 Å². The smallest absolute Gasteiger partial charge is 0.123 e. The second kappa shape index (κ2) is 4.67. The van der Waals surface area contributed by atoms with E-state index >= 15 is 0 Å². The minimum absolute atomic E-state index is 0.175. The maximum atomic E-state index is 13.4. The third-order valence-corrected chi connectivity index (χ3v) is 4.70. The van der Waals surface area contributed by atoms with Gasteiger partial charge in [-0.2, -0.15) is 0 Å². The molecule has 1 aliphatic rings. The maximum absolute atomic E-state index is 13.4. The van der Waals surface area contributed by atoms with Gasteiger partial charge in [0.15, 0.2) is 0 Å². The fraction of sp³-hybridized carbons (Fsp3) is 0.429. The molecular weight excluding hydrogens is 295 g/mol. The number of halogens is 2. The lowest BCUT2D eigenvalue weighted by molar-refractivity contribution is 0.445. The molecule has 1 N–H and O–H groups in total. The predicted octanol–water partition coefficient (Wildman–Crippen LogP) is 3.55. The molecule has 1 aromatic carbocycles. The van der Waals surface area contributed by atoms with Crippen molar-refractivity contribution in [2.24, 2.45) is 7.05 Å². The van der Waals surface area contributed by atoms with Crippen LogP contribution < -0.4 is 5.32 Å². The number of hydrogen-bond acceptors (Lipinski definition) is 1. The van der Waals surface area contributed by atoms with Gasteiger partial charge >= 0.3 is 0 Å². The summed E-state index contributed by atoms with van der Waals surface area (Å²) in [5.74, 6) is 0.381. The molecule has 0 radical (unpaired) electrons. The molecule has 1 fully saturated rings. The number of nitrogens with one attached hydrogen (secondary N) is 1. The molecule has 96 valence electrons. The van der Waals surface area contributed by atoms with Crippen molar-refractivity contribution in [2.75, 3.05) is 13.1 Å². The van der Waals surface area contributed by atoms with Crippen molar-refractivity contribution in [2.45, 2.75) is 18.8 Å². The Kier molecular flexibility index (Phi) is 3.16. The van der Waals surface area contributed by atoms with Gasteiger partial charge in [0.05, 0.1) is 0 Å². The maximum Gasteiger partial charge on any atom is 0.123 e. The van der Waals surface area contributed by atoms with Gasteiger partial charge in [0.2, 0.25) is 0 Å². The van der Waals surface area contributed by atoms with E-state index in [0.717, 1.165) is 41.3 Å². The standard InChI is InChI=1S/C14H16BrFN2/c1-18-12-3-2-10(16)8-11(12)13(15)14(18)9-4-6-17-7-5-9/h2-3,8-9,17H,4-7H2,1H3. The van der Waals surface area contributed by atoms with Crippen LogP contribution in [0.4, 0.5) is 4.39 Å². The van der Waals surface area contributed by atoms with Crippen molar-refractivity contribution in [1.29, 1.82) is 0 Å². The molecule has 2 heterocycles. The van der Waals surface area contributed by atoms with Crippen molar-refractivity contribution in [1.82, 2.24) is 9.88 Å². The van der Waals surface area contributed by atoms with E-state index in [1.807, 2.05) is 6.07 Å². The number of nitrogens with zero attached hydrogens (tertiary/aromatic N) is 1. The zero-order chi connectivity index (χ0) is 12.7. The summed E-state index contributed by atoms with van der Waals surface area (Å²) in [5, 5.41) is 4.36. The van der Waals surface area contributed by atoms with E-state index in [1.165, 1.54) is 11.8 Å². The summed E-state index contributed by atoms with van der Waals surface area (Å²) in [6.45, 7) is 2.12. The van der Waals surface area contributed by atoms with Crippen molar-refractivity contribution in [3.63, 3.8) is 0 Å². The van der Waals surface area contributed by atoms with Crippen LogP contribution in [0, 0.1) is 5.82 Å². The lowest BCUT2D eigenvalue weighted by Gasteiger charge is -2.24. The highest BCUT2D eigenvalue weighted by molar-refractivity contribution is 9.10. The molecule has 4 heteroatoms. The molecule has 1 aliphatic heterocycles. The van der Waals surface area contributed by atoms with E-state index in [-0.39, 0.29) is 5.82 Å². The van der Waals surface area contributed by atoms with Gasteiger partial charge in [-0.25, -0.2) is 4.39 Å². The van der Waals surface area contributed by atoms with Gasteiger partial charge in [-0.15, -0.1) is 0 Å². The van der Waals surface area contributed by atoms with Crippen LogP contribution in [0.25, 0.3) is 10.9 Å². The summed E-state index contributed by atoms with van der Waals surface area (Å²) in [7, 11) is 2.07. The van der Waals surface area contributed by atoms with Crippen LogP contribution in [0.3, 0.4) is 0 Å². The number of aryl methyl sites for hydroxylation is 1. The SMILES string of the molecule is Cn1c(C2CCNCC2)c(Br)c2cc(F)ccc21. The second-order valence-electron chi connectivity index (χ2n) is 4.94. The van der Waals surface area contributed by atoms with Crippen molar-refractivity contribution in [3.05, 3.63) is 34.2 Å². The topological polar surface area (TPSA) is 17.0 Å². The molecular formula is C14H16BrFN2. The molecule has 3 rings (SSSR count). The summed E-state index contributed by atoms with van der Waals surface area (Å²) in [4.78, 5) is 0. The fourth-order valence-corrected chi connectivity index (χ4v) is 3.85. The molecule has 1 saturated heterocycles. The van der Waals surface area contributed by atoms with Gasteiger partial charge in [0.1, 0.15) is 5.82 Å². The Hall–Kier alpha value is -0.870. The summed E-state index contributed by atoms with van der Waals surface area (Å²) in [5.41, 5.74) is 2.40. The van der Waals surface area contributed by atoms with Gasteiger partial charge in [0.25, 0.3) is 0 Å². The number of benzene rings is 1. The van der Waals surface area contributed by atoms with E-state index in [9.17, 15) is 4.39 Å². The zero-order valence-corrected chi connectivity index (χ0v) is 11.9. The number of hydrogen-bond donors (Lipinski definition) is 1. The first-order valence-electron chi connectivity index (χ1n) is 6.32. The molecule has 0 unspecified atom stereocenters. The minimum atomic E-state index is -0.175. The lowest BCUT2D eigenvalue weighted by atomic mass is 9.94. The summed E-state index contributed by atoms with van der Waals surface area (Å²) in [6.07, 6.45) is 2.29. The second-order valence-corrected chi connectivity index (χ2v) is 5.74. The average Bonchev–Trinajstić information content (AvgIpc) is 2.63. The van der Waals surface area contributed by atoms with E-state index < -0.39 is 0 Å². The molecule has 18 heavy (non-hydrogen) atoms. The van der Waals surface area contributed by atoms with Crippen molar-refractivity contribution in [3.8, 4) is 0 Å². The summed E-state index contributed by atoms with van der Waals surface area (Å²) in [6, 6.07) is 5.00. The third kappa shape index (κ3) is 1.88. The van der Waals surface area contributed by atoms with Crippen LogP contribution in [0.5, 0.6) is 0 Å². The Morgan fingerprint density at radius 1 is 1.33 bits per heavy atom. The Morgan fingerprint density at radius 3 is 2.78 bits per heavy atom. The van der Waals surface area contributed by atoms with Crippen molar-refractivity contribution < 1.29 is 4.39 Å². The van der Waals surface area contributed by atoms with Crippen LogP contribution in [0.1, 0.15) is 24.5 Å². The lowest BCUT2D eigenvalue weighted by Crippen LogP contribution is -2.27. The molecule has 0 spiro atoms. The number of rotatable bonds is 1. The van der Waals surface area contributed by atoms with Gasteiger partial charge in [0, 0.05) is 34.0 Å². The molecule has 0 amide bonds. The predicted molar refractivity (Wildman–Crippen MR) is 75.4 cm³/mol. The van der Waals surface area contributed by atoms with Crippen LogP contribution in [-0.4, -0.2) is 17.7 Å². The highest BCUT2D eigenvalue weighted by Crippen LogP contribution is 2.38.